The number of carbonyl (C=O) groups excluding carboxylic acids is 1. The highest BCUT2D eigenvalue weighted by molar-refractivity contribution is 7.20. The number of hydrogen-bond donors (Lipinski definition) is 2. The summed E-state index contributed by atoms with van der Waals surface area (Å²) in [7, 11) is 1.87. The maximum atomic E-state index is 12.2. The minimum atomic E-state index is -0.899. The van der Waals surface area contributed by atoms with Crippen molar-refractivity contribution >= 4 is 27.5 Å². The number of nitrogens with zero attached hydrogens (tertiary/aromatic N) is 2. The summed E-state index contributed by atoms with van der Waals surface area (Å²) in [4.78, 5) is 13.8. The van der Waals surface area contributed by atoms with Crippen molar-refractivity contribution in [2.45, 2.75) is 33.3 Å². The first-order valence-electron chi connectivity index (χ1n) is 6.66. The second-order valence-corrected chi connectivity index (χ2v) is 6.76. The van der Waals surface area contributed by atoms with E-state index in [9.17, 15) is 9.90 Å². The van der Waals surface area contributed by atoms with Crippen LogP contribution in [0.2, 0.25) is 0 Å². The molecule has 2 N–H and O–H groups in total. The van der Waals surface area contributed by atoms with Crippen LogP contribution in [0.25, 0.3) is 10.2 Å². The van der Waals surface area contributed by atoms with Crippen molar-refractivity contribution in [3.8, 4) is 0 Å². The summed E-state index contributed by atoms with van der Waals surface area (Å²) in [6.07, 6.45) is 0. The van der Waals surface area contributed by atoms with Crippen LogP contribution in [0.4, 0.5) is 0 Å². The molecule has 0 radical (unpaired) electrons. The van der Waals surface area contributed by atoms with E-state index in [0.29, 0.717) is 4.88 Å². The van der Waals surface area contributed by atoms with E-state index >= 15 is 0 Å². The van der Waals surface area contributed by atoms with Crippen LogP contribution in [0.3, 0.4) is 0 Å². The molecule has 1 amide bonds. The fraction of sp³-hybridized carbons (Fsp3) is 0.571. The zero-order valence-corrected chi connectivity index (χ0v) is 13.3. The summed E-state index contributed by atoms with van der Waals surface area (Å²) >= 11 is 1.42. The van der Waals surface area contributed by atoms with Gasteiger partial charge in [-0.25, -0.2) is 0 Å². The topological polar surface area (TPSA) is 67.2 Å². The van der Waals surface area contributed by atoms with Gasteiger partial charge in [0.15, 0.2) is 0 Å². The fourth-order valence-corrected chi connectivity index (χ4v) is 2.91. The maximum absolute atomic E-state index is 12.2. The molecule has 0 bridgehead atoms. The van der Waals surface area contributed by atoms with Crippen LogP contribution in [-0.2, 0) is 7.05 Å². The second kappa shape index (κ2) is 5.18. The van der Waals surface area contributed by atoms with Crippen molar-refractivity contribution in [1.82, 2.24) is 15.1 Å². The van der Waals surface area contributed by atoms with Crippen molar-refractivity contribution in [1.29, 1.82) is 0 Å². The van der Waals surface area contributed by atoms with Gasteiger partial charge >= 0.3 is 0 Å². The first-order chi connectivity index (χ1) is 9.22. The lowest BCUT2D eigenvalue weighted by molar-refractivity contribution is 0.0143. The number of amides is 1. The number of rotatable bonds is 4. The Hall–Kier alpha value is -1.40. The highest BCUT2D eigenvalue weighted by atomic mass is 32.1. The normalized spacial score (nSPS) is 14.8. The summed E-state index contributed by atoms with van der Waals surface area (Å²) < 4.78 is 1.79. The SMILES string of the molecule is Cc1nn(C)c2sc(C(=O)NCC(C)(O)C(C)C)cc12. The molecule has 0 fully saturated rings. The molecule has 20 heavy (non-hydrogen) atoms. The van der Waals surface area contributed by atoms with E-state index in [2.05, 4.69) is 10.4 Å². The molecule has 0 saturated heterocycles. The Morgan fingerprint density at radius 3 is 2.80 bits per heavy atom. The van der Waals surface area contributed by atoms with Crippen LogP contribution in [-0.4, -0.2) is 32.9 Å². The molecule has 1 atom stereocenters. The molecule has 110 valence electrons. The van der Waals surface area contributed by atoms with Gasteiger partial charge in [-0.15, -0.1) is 11.3 Å². The minimum Gasteiger partial charge on any atom is -0.388 e. The monoisotopic (exact) mass is 295 g/mol. The number of aromatic nitrogens is 2. The van der Waals surface area contributed by atoms with Gasteiger partial charge in [-0.2, -0.15) is 5.10 Å². The van der Waals surface area contributed by atoms with Crippen molar-refractivity contribution in [2.24, 2.45) is 13.0 Å². The van der Waals surface area contributed by atoms with Crippen molar-refractivity contribution < 1.29 is 9.90 Å². The summed E-state index contributed by atoms with van der Waals surface area (Å²) in [6, 6.07) is 1.86. The maximum Gasteiger partial charge on any atom is 0.261 e. The van der Waals surface area contributed by atoms with Crippen LogP contribution in [0.5, 0.6) is 0 Å². The number of hydrogen-bond acceptors (Lipinski definition) is 4. The number of carbonyl (C=O) groups is 1. The lowest BCUT2D eigenvalue weighted by Gasteiger charge is -2.27. The van der Waals surface area contributed by atoms with E-state index in [-0.39, 0.29) is 18.4 Å². The molecule has 2 rings (SSSR count). The lowest BCUT2D eigenvalue weighted by Crippen LogP contribution is -2.44. The zero-order chi connectivity index (χ0) is 15.1. The van der Waals surface area contributed by atoms with Gasteiger partial charge in [0.2, 0.25) is 0 Å². The Balaban J connectivity index is 2.14. The molecule has 0 aliphatic rings. The summed E-state index contributed by atoms with van der Waals surface area (Å²) in [5.74, 6) is -0.0665. The van der Waals surface area contributed by atoms with Gasteiger partial charge in [0.1, 0.15) is 4.83 Å². The first-order valence-corrected chi connectivity index (χ1v) is 7.47. The number of nitrogens with one attached hydrogen (secondary N) is 1. The standard InChI is InChI=1S/C14H21N3O2S/c1-8(2)14(4,19)7-15-12(18)11-6-10-9(3)16-17(5)13(10)20-11/h6,8,19H,7H2,1-5H3,(H,15,18). The molecule has 6 heteroatoms. The molecule has 0 aliphatic heterocycles. The number of fused-ring (bicyclic) bond motifs is 1. The molecular formula is C14H21N3O2S. The zero-order valence-electron chi connectivity index (χ0n) is 12.5. The lowest BCUT2D eigenvalue weighted by atomic mass is 9.92. The minimum absolute atomic E-state index is 0.0802. The number of aryl methyl sites for hydroxylation is 2. The third kappa shape index (κ3) is 2.71. The predicted molar refractivity (Wildman–Crippen MR) is 81.1 cm³/mol. The molecule has 0 spiro atoms. The quantitative estimate of drug-likeness (QED) is 0.907. The smallest absolute Gasteiger partial charge is 0.261 e. The number of thiophene rings is 1. The van der Waals surface area contributed by atoms with Gasteiger partial charge in [-0.3, -0.25) is 9.48 Å². The molecular weight excluding hydrogens is 274 g/mol. The van der Waals surface area contributed by atoms with Gasteiger partial charge in [0.25, 0.3) is 5.91 Å². The third-order valence-electron chi connectivity index (χ3n) is 3.77. The third-order valence-corrected chi connectivity index (χ3v) is 4.97. The molecule has 2 heterocycles. The van der Waals surface area contributed by atoms with E-state index in [1.54, 1.807) is 11.6 Å². The molecule has 1 unspecified atom stereocenters. The molecule has 0 aliphatic carbocycles. The van der Waals surface area contributed by atoms with Crippen molar-refractivity contribution in [3.05, 3.63) is 16.6 Å². The Morgan fingerprint density at radius 2 is 2.25 bits per heavy atom. The van der Waals surface area contributed by atoms with Crippen LogP contribution in [0.1, 0.15) is 36.1 Å². The van der Waals surface area contributed by atoms with E-state index in [0.717, 1.165) is 15.9 Å². The Morgan fingerprint density at radius 1 is 1.60 bits per heavy atom. The largest absolute Gasteiger partial charge is 0.388 e. The van der Waals surface area contributed by atoms with Gasteiger partial charge in [0, 0.05) is 19.0 Å². The van der Waals surface area contributed by atoms with Crippen LogP contribution in [0, 0.1) is 12.8 Å². The van der Waals surface area contributed by atoms with Crippen LogP contribution >= 0.6 is 11.3 Å². The van der Waals surface area contributed by atoms with Gasteiger partial charge < -0.3 is 10.4 Å². The summed E-state index contributed by atoms with van der Waals surface area (Å²) in [6.45, 7) is 7.77. The number of aliphatic hydroxyl groups is 1. The van der Waals surface area contributed by atoms with E-state index in [1.807, 2.05) is 33.9 Å². The van der Waals surface area contributed by atoms with E-state index in [4.69, 9.17) is 0 Å². The molecule has 0 saturated carbocycles. The highest BCUT2D eigenvalue weighted by Gasteiger charge is 2.26. The molecule has 2 aromatic heterocycles. The summed E-state index contributed by atoms with van der Waals surface area (Å²) in [5, 5.41) is 18.3. The molecule has 5 nitrogen and oxygen atoms in total. The highest BCUT2D eigenvalue weighted by Crippen LogP contribution is 2.27. The molecule has 2 aromatic rings. The summed E-state index contributed by atoms with van der Waals surface area (Å²) in [5.41, 5.74) is 0.0241. The van der Waals surface area contributed by atoms with E-state index < -0.39 is 5.60 Å². The average molecular weight is 295 g/mol. The first kappa shape index (κ1) is 15.0. The van der Waals surface area contributed by atoms with Gasteiger partial charge in [-0.05, 0) is 25.8 Å². The average Bonchev–Trinajstić information content (AvgIpc) is 2.89. The fourth-order valence-electron chi connectivity index (χ4n) is 1.87. The predicted octanol–water partition coefficient (Wildman–Crippen LogP) is 2.08. The Bertz CT molecular complexity index is 606. The van der Waals surface area contributed by atoms with Crippen molar-refractivity contribution in [2.75, 3.05) is 6.54 Å². The second-order valence-electron chi connectivity index (χ2n) is 5.73. The van der Waals surface area contributed by atoms with E-state index in [1.165, 1.54) is 11.3 Å². The van der Waals surface area contributed by atoms with Crippen LogP contribution in [0.15, 0.2) is 6.07 Å². The van der Waals surface area contributed by atoms with Gasteiger partial charge in [0.05, 0.1) is 16.2 Å². The van der Waals surface area contributed by atoms with Gasteiger partial charge in [-0.1, -0.05) is 13.8 Å². The molecule has 0 aromatic carbocycles. The Labute approximate surface area is 122 Å². The van der Waals surface area contributed by atoms with Crippen molar-refractivity contribution in [3.63, 3.8) is 0 Å². The van der Waals surface area contributed by atoms with Crippen LogP contribution < -0.4 is 5.32 Å². The Kier molecular flexibility index (Phi) is 3.88.